The molecule has 180 valence electrons. The third-order valence-electron chi connectivity index (χ3n) is 6.15. The van der Waals surface area contributed by atoms with Crippen LogP contribution in [0.25, 0.3) is 5.76 Å². The summed E-state index contributed by atoms with van der Waals surface area (Å²) in [7, 11) is 1.54. The molecule has 0 radical (unpaired) electrons. The van der Waals surface area contributed by atoms with E-state index in [1.165, 1.54) is 0 Å². The number of aliphatic hydroxyl groups is 1. The summed E-state index contributed by atoms with van der Waals surface area (Å²) in [6.45, 7) is 6.14. The second kappa shape index (κ2) is 10.7. The second-order valence-electron chi connectivity index (χ2n) is 8.16. The van der Waals surface area contributed by atoms with Gasteiger partial charge in [0.25, 0.3) is 11.7 Å². The fourth-order valence-corrected chi connectivity index (χ4v) is 4.41. The fourth-order valence-electron chi connectivity index (χ4n) is 4.41. The number of hydrogen-bond donors (Lipinski definition) is 1. The zero-order valence-corrected chi connectivity index (χ0v) is 19.5. The first kappa shape index (κ1) is 23.8. The van der Waals surface area contributed by atoms with E-state index in [0.29, 0.717) is 55.5 Å². The first-order valence-corrected chi connectivity index (χ1v) is 11.5. The summed E-state index contributed by atoms with van der Waals surface area (Å²) in [6.07, 6.45) is 0. The van der Waals surface area contributed by atoms with Gasteiger partial charge in [-0.25, -0.2) is 0 Å². The van der Waals surface area contributed by atoms with Crippen molar-refractivity contribution in [2.45, 2.75) is 13.0 Å². The number of ketones is 1. The molecule has 1 N–H and O–H groups in total. The maximum Gasteiger partial charge on any atom is 0.295 e. The number of ether oxygens (including phenoxy) is 3. The van der Waals surface area contributed by atoms with Crippen molar-refractivity contribution in [3.63, 3.8) is 0 Å². The van der Waals surface area contributed by atoms with Crippen LogP contribution in [0.5, 0.6) is 11.5 Å². The molecule has 1 amide bonds. The molecule has 2 heterocycles. The molecular weight excluding hydrogens is 436 g/mol. The zero-order chi connectivity index (χ0) is 24.1. The topological polar surface area (TPSA) is 88.5 Å². The summed E-state index contributed by atoms with van der Waals surface area (Å²) in [4.78, 5) is 30.1. The highest BCUT2D eigenvalue weighted by molar-refractivity contribution is 6.46. The lowest BCUT2D eigenvalue weighted by Crippen LogP contribution is -2.42. The molecule has 0 spiro atoms. The van der Waals surface area contributed by atoms with Crippen molar-refractivity contribution >= 4 is 17.4 Å². The van der Waals surface area contributed by atoms with Crippen molar-refractivity contribution in [2.75, 3.05) is 53.1 Å². The van der Waals surface area contributed by atoms with E-state index < -0.39 is 17.7 Å². The van der Waals surface area contributed by atoms with Crippen LogP contribution >= 0.6 is 0 Å². The van der Waals surface area contributed by atoms with Crippen molar-refractivity contribution in [3.05, 3.63) is 65.2 Å². The van der Waals surface area contributed by atoms with Crippen LogP contribution < -0.4 is 9.47 Å². The minimum Gasteiger partial charge on any atom is -0.507 e. The van der Waals surface area contributed by atoms with Crippen molar-refractivity contribution in [1.29, 1.82) is 0 Å². The van der Waals surface area contributed by atoms with Gasteiger partial charge < -0.3 is 24.2 Å². The van der Waals surface area contributed by atoms with Crippen molar-refractivity contribution in [3.8, 4) is 11.5 Å². The van der Waals surface area contributed by atoms with Gasteiger partial charge in [0.1, 0.15) is 5.76 Å². The minimum absolute atomic E-state index is 0.0735. The molecule has 8 nitrogen and oxygen atoms in total. The smallest absolute Gasteiger partial charge is 0.295 e. The number of rotatable bonds is 8. The predicted octanol–water partition coefficient (Wildman–Crippen LogP) is 2.85. The van der Waals surface area contributed by atoms with E-state index in [1.54, 1.807) is 48.4 Å². The quantitative estimate of drug-likeness (QED) is 0.364. The maximum atomic E-state index is 13.2. The Morgan fingerprint density at radius 3 is 2.47 bits per heavy atom. The highest BCUT2D eigenvalue weighted by atomic mass is 16.5. The van der Waals surface area contributed by atoms with Crippen LogP contribution in [-0.4, -0.2) is 79.7 Å². The normalized spacial score (nSPS) is 20.5. The number of Topliss-reactive ketones (excluding diaryl/α,β-unsaturated/α-hetero) is 1. The number of carbonyl (C=O) groups excluding carboxylic acids is 2. The molecule has 2 aromatic rings. The summed E-state index contributed by atoms with van der Waals surface area (Å²) in [5.74, 6) is -0.435. The zero-order valence-electron chi connectivity index (χ0n) is 19.5. The SMILES string of the molecule is CCOc1ccc([C@H]2C(=C(O)c3ccccc3)C(=O)C(=O)N2CCN2CCOCC2)cc1OC. The van der Waals surface area contributed by atoms with Gasteiger partial charge in [0.2, 0.25) is 0 Å². The van der Waals surface area contributed by atoms with Crippen LogP contribution in [0.2, 0.25) is 0 Å². The van der Waals surface area contributed by atoms with Gasteiger partial charge in [-0.1, -0.05) is 36.4 Å². The molecule has 34 heavy (non-hydrogen) atoms. The fraction of sp³-hybridized carbons (Fsp3) is 0.385. The number of amides is 1. The van der Waals surface area contributed by atoms with Gasteiger partial charge in [-0.15, -0.1) is 0 Å². The molecule has 0 bridgehead atoms. The third-order valence-corrected chi connectivity index (χ3v) is 6.15. The molecule has 2 aliphatic heterocycles. The summed E-state index contributed by atoms with van der Waals surface area (Å²) >= 11 is 0. The summed E-state index contributed by atoms with van der Waals surface area (Å²) in [6, 6.07) is 13.4. The molecule has 0 saturated carbocycles. The standard InChI is InChI=1S/C26H30N2O6/c1-3-34-20-10-9-19(17-21(20)32-2)23-22(24(29)18-7-5-4-6-8-18)25(30)26(31)28(23)12-11-27-13-15-33-16-14-27/h4-10,17,23,29H,3,11-16H2,1-2H3/t23-/m0/s1. The molecule has 0 aromatic heterocycles. The van der Waals surface area contributed by atoms with Gasteiger partial charge in [0.15, 0.2) is 11.5 Å². The molecule has 0 aliphatic carbocycles. The van der Waals surface area contributed by atoms with Gasteiger partial charge >= 0.3 is 0 Å². The lowest BCUT2D eigenvalue weighted by molar-refractivity contribution is -0.140. The Morgan fingerprint density at radius 1 is 1.06 bits per heavy atom. The van der Waals surface area contributed by atoms with Crippen LogP contribution in [0.15, 0.2) is 54.1 Å². The van der Waals surface area contributed by atoms with Crippen LogP contribution in [0.1, 0.15) is 24.1 Å². The summed E-state index contributed by atoms with van der Waals surface area (Å²) in [5.41, 5.74) is 1.22. The molecule has 4 rings (SSSR count). The van der Waals surface area contributed by atoms with Gasteiger partial charge in [-0.2, -0.15) is 0 Å². The van der Waals surface area contributed by atoms with Gasteiger partial charge in [-0.3, -0.25) is 14.5 Å². The van der Waals surface area contributed by atoms with Gasteiger partial charge in [0, 0.05) is 31.7 Å². The van der Waals surface area contributed by atoms with E-state index in [1.807, 2.05) is 19.1 Å². The molecule has 0 unspecified atom stereocenters. The lowest BCUT2D eigenvalue weighted by atomic mass is 9.95. The minimum atomic E-state index is -0.745. The van der Waals surface area contributed by atoms with E-state index in [0.717, 1.165) is 13.1 Å². The largest absolute Gasteiger partial charge is 0.507 e. The van der Waals surface area contributed by atoms with Crippen LogP contribution in [0.4, 0.5) is 0 Å². The monoisotopic (exact) mass is 466 g/mol. The van der Waals surface area contributed by atoms with E-state index in [2.05, 4.69) is 4.90 Å². The number of morpholine rings is 1. The molecule has 2 aromatic carbocycles. The summed E-state index contributed by atoms with van der Waals surface area (Å²) < 4.78 is 16.6. The van der Waals surface area contributed by atoms with Crippen molar-refractivity contribution in [2.24, 2.45) is 0 Å². The average molecular weight is 467 g/mol. The van der Waals surface area contributed by atoms with Crippen LogP contribution in [-0.2, 0) is 14.3 Å². The van der Waals surface area contributed by atoms with Crippen molar-refractivity contribution < 1.29 is 28.9 Å². The Morgan fingerprint density at radius 2 is 1.79 bits per heavy atom. The van der Waals surface area contributed by atoms with Gasteiger partial charge in [0.05, 0.1) is 38.5 Å². The predicted molar refractivity (Wildman–Crippen MR) is 127 cm³/mol. The highest BCUT2D eigenvalue weighted by Crippen LogP contribution is 2.41. The molecular formula is C26H30N2O6. The first-order valence-electron chi connectivity index (χ1n) is 11.5. The number of aliphatic hydroxyl groups excluding tert-OH is 1. The number of hydrogen-bond acceptors (Lipinski definition) is 7. The Labute approximate surface area is 199 Å². The van der Waals surface area contributed by atoms with E-state index in [-0.39, 0.29) is 11.3 Å². The molecule has 8 heteroatoms. The number of methoxy groups -OCH3 is 1. The maximum absolute atomic E-state index is 13.2. The second-order valence-corrected chi connectivity index (χ2v) is 8.16. The first-order chi connectivity index (χ1) is 16.5. The Kier molecular flexibility index (Phi) is 7.49. The van der Waals surface area contributed by atoms with E-state index in [4.69, 9.17) is 14.2 Å². The highest BCUT2D eigenvalue weighted by Gasteiger charge is 2.46. The molecule has 2 saturated heterocycles. The Bertz CT molecular complexity index is 1060. The van der Waals surface area contributed by atoms with Crippen LogP contribution in [0, 0.1) is 0 Å². The third kappa shape index (κ3) is 4.78. The lowest BCUT2D eigenvalue weighted by Gasteiger charge is -2.31. The Balaban J connectivity index is 1.76. The van der Waals surface area contributed by atoms with Crippen molar-refractivity contribution in [1.82, 2.24) is 9.80 Å². The number of likely N-dealkylation sites (tertiary alicyclic amines) is 1. The number of nitrogens with zero attached hydrogens (tertiary/aromatic N) is 2. The Hall–Kier alpha value is -3.36. The number of carbonyl (C=O) groups is 2. The average Bonchev–Trinajstić information content (AvgIpc) is 3.13. The molecule has 2 fully saturated rings. The summed E-state index contributed by atoms with van der Waals surface area (Å²) in [5, 5.41) is 11.1. The molecule has 1 atom stereocenters. The number of benzene rings is 2. The van der Waals surface area contributed by atoms with Crippen LogP contribution in [0.3, 0.4) is 0 Å². The van der Waals surface area contributed by atoms with E-state index in [9.17, 15) is 14.7 Å². The van der Waals surface area contributed by atoms with E-state index >= 15 is 0 Å². The van der Waals surface area contributed by atoms with Gasteiger partial charge in [-0.05, 0) is 24.6 Å². The molecule has 2 aliphatic rings.